The highest BCUT2D eigenvalue weighted by atomic mass is 35.5. The minimum Gasteiger partial charge on any atom is -0.369 e. The number of carbonyl (C=O) groups excluding carboxylic acids is 1. The number of nitrogens with one attached hydrogen (secondary N) is 1. The Labute approximate surface area is 254 Å². The van der Waals surface area contributed by atoms with E-state index in [9.17, 15) is 4.79 Å². The summed E-state index contributed by atoms with van der Waals surface area (Å²) in [6, 6.07) is 18.9. The number of carbonyl (C=O) groups is 1. The van der Waals surface area contributed by atoms with Gasteiger partial charge in [-0.15, -0.1) is 0 Å². The van der Waals surface area contributed by atoms with Crippen molar-refractivity contribution in [2.45, 2.75) is 32.2 Å². The Morgan fingerprint density at radius 3 is 2.24 bits per heavy atom. The van der Waals surface area contributed by atoms with E-state index in [1.807, 2.05) is 37.4 Å². The standard InChI is InChI=1S/C34H41ClN6O/c1-4-17-40-18-14-27(15-19-40)37-34(42)26-7-5-24(6-8-26)30-31-29(35)13-16-36-33(31)39(3)32(30)25-9-11-28(12-10-25)41-22-20-38(2)21-23-41/h5-13,16,27H,4,14-15,17-23H2,1-3H3,(H,37,42). The van der Waals surface area contributed by atoms with E-state index in [1.165, 1.54) is 12.1 Å². The third-order valence-electron chi connectivity index (χ3n) is 8.93. The van der Waals surface area contributed by atoms with Crippen LogP contribution in [0.2, 0.25) is 5.02 Å². The van der Waals surface area contributed by atoms with Gasteiger partial charge in [0.1, 0.15) is 5.65 Å². The van der Waals surface area contributed by atoms with Gasteiger partial charge in [-0.3, -0.25) is 4.79 Å². The van der Waals surface area contributed by atoms with Gasteiger partial charge in [-0.2, -0.15) is 0 Å². The van der Waals surface area contributed by atoms with Crippen molar-refractivity contribution in [3.8, 4) is 22.4 Å². The number of benzene rings is 2. The van der Waals surface area contributed by atoms with Crippen molar-refractivity contribution in [2.24, 2.45) is 7.05 Å². The van der Waals surface area contributed by atoms with Crippen LogP contribution in [0.25, 0.3) is 33.4 Å². The number of amides is 1. The number of aromatic nitrogens is 2. The maximum atomic E-state index is 13.1. The smallest absolute Gasteiger partial charge is 0.251 e. The van der Waals surface area contributed by atoms with Crippen molar-refractivity contribution in [3.05, 3.63) is 71.4 Å². The van der Waals surface area contributed by atoms with Crippen LogP contribution in [0.1, 0.15) is 36.5 Å². The number of anilines is 1. The number of halogens is 1. The summed E-state index contributed by atoms with van der Waals surface area (Å²) in [6.45, 7) is 9.67. The molecule has 0 aliphatic carbocycles. The minimum absolute atomic E-state index is 0.00664. The molecule has 0 bridgehead atoms. The summed E-state index contributed by atoms with van der Waals surface area (Å²) in [5.41, 5.74) is 6.98. The summed E-state index contributed by atoms with van der Waals surface area (Å²) in [6.07, 6.45) is 4.93. The number of fused-ring (bicyclic) bond motifs is 1. The largest absolute Gasteiger partial charge is 0.369 e. The molecule has 2 aromatic heterocycles. The van der Waals surface area contributed by atoms with E-state index in [-0.39, 0.29) is 11.9 Å². The van der Waals surface area contributed by atoms with Crippen LogP contribution in [0.3, 0.4) is 0 Å². The van der Waals surface area contributed by atoms with Crippen molar-refractivity contribution in [1.29, 1.82) is 0 Å². The van der Waals surface area contributed by atoms with Crippen LogP contribution in [0.5, 0.6) is 0 Å². The van der Waals surface area contributed by atoms with Crippen molar-refractivity contribution in [1.82, 2.24) is 24.7 Å². The molecule has 2 aromatic carbocycles. The van der Waals surface area contributed by atoms with Crippen molar-refractivity contribution >= 4 is 34.2 Å². The molecule has 0 radical (unpaired) electrons. The lowest BCUT2D eigenvalue weighted by Crippen LogP contribution is -2.44. The molecule has 8 heteroatoms. The van der Waals surface area contributed by atoms with Gasteiger partial charge < -0.3 is 24.6 Å². The summed E-state index contributed by atoms with van der Waals surface area (Å²) in [5, 5.41) is 4.86. The molecule has 2 aliphatic rings. The van der Waals surface area contributed by atoms with Gasteiger partial charge in [0.15, 0.2) is 0 Å². The topological polar surface area (TPSA) is 56.6 Å². The van der Waals surface area contributed by atoms with Crippen LogP contribution in [0, 0.1) is 0 Å². The zero-order chi connectivity index (χ0) is 29.2. The fourth-order valence-corrected chi connectivity index (χ4v) is 6.73. The lowest BCUT2D eigenvalue weighted by Gasteiger charge is -2.34. The molecule has 4 heterocycles. The minimum atomic E-state index is -0.00664. The molecule has 1 amide bonds. The summed E-state index contributed by atoms with van der Waals surface area (Å²) in [4.78, 5) is 25.1. The first kappa shape index (κ1) is 28.7. The summed E-state index contributed by atoms with van der Waals surface area (Å²) < 4.78 is 2.13. The molecule has 0 saturated carbocycles. The lowest BCUT2D eigenvalue weighted by atomic mass is 9.97. The number of piperazine rings is 1. The van der Waals surface area contributed by atoms with Crippen LogP contribution in [-0.4, -0.2) is 84.2 Å². The van der Waals surface area contributed by atoms with Gasteiger partial charge in [0, 0.05) is 80.8 Å². The lowest BCUT2D eigenvalue weighted by molar-refractivity contribution is 0.0911. The average molecular weight is 585 g/mol. The number of hydrogen-bond acceptors (Lipinski definition) is 5. The van der Waals surface area contributed by atoms with Crippen LogP contribution in [0.15, 0.2) is 60.8 Å². The number of rotatable bonds is 7. The Kier molecular flexibility index (Phi) is 8.52. The second-order valence-corrected chi connectivity index (χ2v) is 12.2. The van der Waals surface area contributed by atoms with Gasteiger partial charge in [0.25, 0.3) is 5.91 Å². The third kappa shape index (κ3) is 5.78. The van der Waals surface area contributed by atoms with Gasteiger partial charge in [0.2, 0.25) is 0 Å². The normalized spacial score (nSPS) is 17.2. The summed E-state index contributed by atoms with van der Waals surface area (Å²) in [7, 11) is 4.23. The Morgan fingerprint density at radius 1 is 0.905 bits per heavy atom. The molecule has 0 spiro atoms. The third-order valence-corrected chi connectivity index (χ3v) is 9.24. The number of nitrogens with zero attached hydrogens (tertiary/aromatic N) is 5. The van der Waals surface area contributed by atoms with Crippen LogP contribution >= 0.6 is 11.6 Å². The van der Waals surface area contributed by atoms with Gasteiger partial charge in [-0.1, -0.05) is 42.8 Å². The SMILES string of the molecule is CCCN1CCC(NC(=O)c2ccc(-c3c(-c4ccc(N5CCN(C)CC5)cc4)n(C)c4nccc(Cl)c34)cc2)CC1. The van der Waals surface area contributed by atoms with E-state index in [2.05, 4.69) is 62.8 Å². The second-order valence-electron chi connectivity index (χ2n) is 11.8. The molecule has 2 aliphatic heterocycles. The summed E-state index contributed by atoms with van der Waals surface area (Å²) in [5.74, 6) is -0.00664. The van der Waals surface area contributed by atoms with E-state index < -0.39 is 0 Å². The van der Waals surface area contributed by atoms with Crippen LogP contribution in [-0.2, 0) is 7.05 Å². The molecule has 7 nitrogen and oxygen atoms in total. The van der Waals surface area contributed by atoms with Gasteiger partial charge in [-0.25, -0.2) is 4.98 Å². The number of likely N-dealkylation sites (tertiary alicyclic amines) is 1. The maximum Gasteiger partial charge on any atom is 0.251 e. The molecular weight excluding hydrogens is 544 g/mol. The number of piperidine rings is 1. The molecule has 2 saturated heterocycles. The molecule has 42 heavy (non-hydrogen) atoms. The molecular formula is C34H41ClN6O. The number of pyridine rings is 1. The fraction of sp³-hybridized carbons (Fsp3) is 0.412. The van der Waals surface area contributed by atoms with Gasteiger partial charge >= 0.3 is 0 Å². The molecule has 0 unspecified atom stereocenters. The Morgan fingerprint density at radius 2 is 1.57 bits per heavy atom. The van der Waals surface area contributed by atoms with Gasteiger partial charge in [0.05, 0.1) is 10.7 Å². The fourth-order valence-electron chi connectivity index (χ4n) is 6.49. The average Bonchev–Trinajstić information content (AvgIpc) is 3.32. The molecule has 6 rings (SSSR count). The van der Waals surface area contributed by atoms with E-state index in [0.29, 0.717) is 10.6 Å². The van der Waals surface area contributed by atoms with Crippen molar-refractivity contribution < 1.29 is 4.79 Å². The highest BCUT2D eigenvalue weighted by Gasteiger charge is 2.24. The molecule has 220 valence electrons. The quantitative estimate of drug-likeness (QED) is 0.292. The summed E-state index contributed by atoms with van der Waals surface area (Å²) >= 11 is 6.81. The zero-order valence-electron chi connectivity index (χ0n) is 24.9. The maximum absolute atomic E-state index is 13.1. The van der Waals surface area contributed by atoms with Crippen LogP contribution in [0.4, 0.5) is 5.69 Å². The predicted molar refractivity (Wildman–Crippen MR) is 174 cm³/mol. The monoisotopic (exact) mass is 584 g/mol. The van der Waals surface area contributed by atoms with Crippen molar-refractivity contribution in [2.75, 3.05) is 57.8 Å². The van der Waals surface area contributed by atoms with E-state index in [1.54, 1.807) is 6.20 Å². The molecule has 0 atom stereocenters. The zero-order valence-corrected chi connectivity index (χ0v) is 25.7. The first-order valence-electron chi connectivity index (χ1n) is 15.2. The van der Waals surface area contributed by atoms with E-state index in [4.69, 9.17) is 16.6 Å². The Hall–Kier alpha value is -3.39. The molecule has 1 N–H and O–H groups in total. The molecule has 4 aromatic rings. The van der Waals surface area contributed by atoms with Crippen LogP contribution < -0.4 is 10.2 Å². The molecule has 2 fully saturated rings. The highest BCUT2D eigenvalue weighted by molar-refractivity contribution is 6.37. The Balaban J connectivity index is 1.28. The van der Waals surface area contributed by atoms with E-state index in [0.717, 1.165) is 92.1 Å². The van der Waals surface area contributed by atoms with Crippen molar-refractivity contribution in [3.63, 3.8) is 0 Å². The number of hydrogen-bond donors (Lipinski definition) is 1. The second kappa shape index (κ2) is 12.5. The first-order chi connectivity index (χ1) is 20.4. The highest BCUT2D eigenvalue weighted by Crippen LogP contribution is 2.42. The van der Waals surface area contributed by atoms with E-state index >= 15 is 0 Å². The first-order valence-corrected chi connectivity index (χ1v) is 15.6. The Bertz CT molecular complexity index is 1530. The number of likely N-dealkylation sites (N-methyl/N-ethyl adjacent to an activating group) is 1. The number of aryl methyl sites for hydroxylation is 1. The van der Waals surface area contributed by atoms with Gasteiger partial charge in [-0.05, 0) is 74.3 Å². The predicted octanol–water partition coefficient (Wildman–Crippen LogP) is 5.92.